The molecule has 2 amide bonds. The minimum Gasteiger partial charge on any atom is -0.496 e. The second kappa shape index (κ2) is 9.88. The molecule has 6 heteroatoms. The summed E-state index contributed by atoms with van der Waals surface area (Å²) in [5.41, 5.74) is 3.78. The van der Waals surface area contributed by atoms with E-state index in [4.69, 9.17) is 9.47 Å². The first-order valence-corrected chi connectivity index (χ1v) is 11.0. The van der Waals surface area contributed by atoms with Gasteiger partial charge in [-0.05, 0) is 48.9 Å². The Morgan fingerprint density at radius 1 is 0.879 bits per heavy atom. The summed E-state index contributed by atoms with van der Waals surface area (Å²) in [4.78, 5) is 29.6. The van der Waals surface area contributed by atoms with Crippen molar-refractivity contribution in [3.8, 4) is 11.5 Å². The van der Waals surface area contributed by atoms with Gasteiger partial charge in [-0.2, -0.15) is 0 Å². The van der Waals surface area contributed by atoms with Crippen molar-refractivity contribution in [2.45, 2.75) is 20.0 Å². The van der Waals surface area contributed by atoms with Crippen molar-refractivity contribution >= 4 is 11.8 Å². The highest BCUT2D eigenvalue weighted by Gasteiger charge is 2.38. The molecule has 0 aromatic heterocycles. The number of carbonyl (C=O) groups is 2. The lowest BCUT2D eigenvalue weighted by atomic mass is 10.1. The molecule has 3 aromatic rings. The Morgan fingerprint density at radius 2 is 1.67 bits per heavy atom. The maximum atomic E-state index is 13.2. The number of benzene rings is 3. The topological polar surface area (TPSA) is 59.1 Å². The number of ether oxygens (including phenoxy) is 2. The largest absolute Gasteiger partial charge is 0.496 e. The molecule has 1 heterocycles. The molecule has 4 rings (SSSR count). The molecule has 3 aromatic carbocycles. The van der Waals surface area contributed by atoms with E-state index in [1.165, 1.54) is 10.5 Å². The highest BCUT2D eigenvalue weighted by Crippen LogP contribution is 2.32. The summed E-state index contributed by atoms with van der Waals surface area (Å²) in [5, 5.41) is 0. The molecule has 33 heavy (non-hydrogen) atoms. The van der Waals surface area contributed by atoms with E-state index in [1.54, 1.807) is 25.3 Å². The molecule has 0 N–H and O–H groups in total. The summed E-state index contributed by atoms with van der Waals surface area (Å²) in [5.74, 6) is 0.605. The Labute approximate surface area is 194 Å². The van der Waals surface area contributed by atoms with Crippen LogP contribution in [0.4, 0.5) is 0 Å². The van der Waals surface area contributed by atoms with Crippen LogP contribution in [0.2, 0.25) is 0 Å². The van der Waals surface area contributed by atoms with Crippen molar-refractivity contribution < 1.29 is 19.1 Å². The normalized spacial score (nSPS) is 12.9. The fraction of sp³-hybridized carbons (Fsp3) is 0.259. The van der Waals surface area contributed by atoms with Crippen molar-refractivity contribution in [2.24, 2.45) is 0 Å². The number of methoxy groups -OCH3 is 1. The third kappa shape index (κ3) is 4.91. The van der Waals surface area contributed by atoms with Crippen LogP contribution in [0.1, 0.15) is 37.4 Å². The van der Waals surface area contributed by atoms with Crippen molar-refractivity contribution in [3.63, 3.8) is 0 Å². The Bertz CT molecular complexity index is 1160. The lowest BCUT2D eigenvalue weighted by Gasteiger charge is -2.18. The molecule has 0 saturated carbocycles. The van der Waals surface area contributed by atoms with Gasteiger partial charge in [-0.15, -0.1) is 0 Å². The fourth-order valence-corrected chi connectivity index (χ4v) is 4.07. The Morgan fingerprint density at radius 3 is 2.39 bits per heavy atom. The molecule has 0 fully saturated rings. The number of rotatable bonds is 9. The summed E-state index contributed by atoms with van der Waals surface area (Å²) >= 11 is 0. The predicted molar refractivity (Wildman–Crippen MR) is 127 cm³/mol. The van der Waals surface area contributed by atoms with Crippen LogP contribution in [0.5, 0.6) is 11.5 Å². The van der Waals surface area contributed by atoms with Gasteiger partial charge in [0.05, 0.1) is 24.8 Å². The van der Waals surface area contributed by atoms with Gasteiger partial charge in [-0.25, -0.2) is 0 Å². The average Bonchev–Trinajstić information content (AvgIpc) is 3.05. The van der Waals surface area contributed by atoms with E-state index < -0.39 is 0 Å². The SMILES string of the molecule is COc1ccc(CN2C(=O)c3cccc(OCCN(C)Cc4ccccc4)c3C2=O)cc1C. The smallest absolute Gasteiger partial charge is 0.265 e. The van der Waals surface area contributed by atoms with Gasteiger partial charge in [0.1, 0.15) is 18.1 Å². The maximum Gasteiger partial charge on any atom is 0.265 e. The van der Waals surface area contributed by atoms with E-state index in [1.807, 2.05) is 50.4 Å². The van der Waals surface area contributed by atoms with E-state index in [2.05, 4.69) is 17.0 Å². The third-order valence-corrected chi connectivity index (χ3v) is 5.79. The van der Waals surface area contributed by atoms with Gasteiger partial charge in [0.25, 0.3) is 11.8 Å². The van der Waals surface area contributed by atoms with Crippen LogP contribution in [0.3, 0.4) is 0 Å². The van der Waals surface area contributed by atoms with Crippen LogP contribution in [-0.4, -0.2) is 48.9 Å². The summed E-state index contributed by atoms with van der Waals surface area (Å²) in [6.07, 6.45) is 0. The molecule has 1 aliphatic heterocycles. The number of carbonyl (C=O) groups excluding carboxylic acids is 2. The van der Waals surface area contributed by atoms with Crippen LogP contribution < -0.4 is 9.47 Å². The number of nitrogens with zero attached hydrogens (tertiary/aromatic N) is 2. The number of hydrogen-bond donors (Lipinski definition) is 0. The van der Waals surface area contributed by atoms with Crippen LogP contribution in [0.15, 0.2) is 66.7 Å². The molecular weight excluding hydrogens is 416 g/mol. The second-order valence-electron chi connectivity index (χ2n) is 8.25. The van der Waals surface area contributed by atoms with Gasteiger partial charge < -0.3 is 9.47 Å². The number of aryl methyl sites for hydroxylation is 1. The van der Waals surface area contributed by atoms with Crippen LogP contribution in [0, 0.1) is 6.92 Å². The first-order chi connectivity index (χ1) is 16.0. The van der Waals surface area contributed by atoms with E-state index in [0.717, 1.165) is 23.4 Å². The van der Waals surface area contributed by atoms with Gasteiger partial charge in [0.15, 0.2) is 0 Å². The van der Waals surface area contributed by atoms with E-state index in [9.17, 15) is 9.59 Å². The molecule has 0 saturated heterocycles. The Balaban J connectivity index is 1.42. The zero-order chi connectivity index (χ0) is 23.4. The van der Waals surface area contributed by atoms with Crippen molar-refractivity contribution in [3.05, 3.63) is 94.5 Å². The van der Waals surface area contributed by atoms with Crippen LogP contribution >= 0.6 is 0 Å². The highest BCUT2D eigenvalue weighted by atomic mass is 16.5. The molecule has 0 aliphatic carbocycles. The summed E-state index contributed by atoms with van der Waals surface area (Å²) in [6, 6.07) is 21.1. The predicted octanol–water partition coefficient (Wildman–Crippen LogP) is 4.31. The molecule has 1 aliphatic rings. The Kier molecular flexibility index (Phi) is 6.75. The first kappa shape index (κ1) is 22.6. The lowest BCUT2D eigenvalue weighted by Crippen LogP contribution is -2.29. The van der Waals surface area contributed by atoms with Crippen LogP contribution in [-0.2, 0) is 13.1 Å². The molecule has 6 nitrogen and oxygen atoms in total. The molecule has 170 valence electrons. The highest BCUT2D eigenvalue weighted by molar-refractivity contribution is 6.22. The fourth-order valence-electron chi connectivity index (χ4n) is 4.07. The quantitative estimate of drug-likeness (QED) is 0.461. The van der Waals surface area contributed by atoms with Gasteiger partial charge in [0.2, 0.25) is 0 Å². The van der Waals surface area contributed by atoms with E-state index >= 15 is 0 Å². The van der Waals surface area contributed by atoms with E-state index in [0.29, 0.717) is 30.0 Å². The van der Waals surface area contributed by atoms with Crippen LogP contribution in [0.25, 0.3) is 0 Å². The van der Waals surface area contributed by atoms with Gasteiger partial charge in [0, 0.05) is 13.1 Å². The maximum absolute atomic E-state index is 13.2. The molecule has 0 bridgehead atoms. The summed E-state index contributed by atoms with van der Waals surface area (Å²) < 4.78 is 11.3. The van der Waals surface area contributed by atoms with Gasteiger partial charge in [-0.1, -0.05) is 48.5 Å². The zero-order valence-electron chi connectivity index (χ0n) is 19.2. The van der Waals surface area contributed by atoms with Gasteiger partial charge in [-0.3, -0.25) is 19.4 Å². The summed E-state index contributed by atoms with van der Waals surface area (Å²) in [6.45, 7) is 4.06. The number of imide groups is 1. The number of hydrogen-bond acceptors (Lipinski definition) is 5. The summed E-state index contributed by atoms with van der Waals surface area (Å²) in [7, 11) is 3.65. The number of fused-ring (bicyclic) bond motifs is 1. The third-order valence-electron chi connectivity index (χ3n) is 5.79. The van der Waals surface area contributed by atoms with Crippen molar-refractivity contribution in [2.75, 3.05) is 27.3 Å². The minimum atomic E-state index is -0.322. The molecular formula is C27H28N2O4. The number of amides is 2. The van der Waals surface area contributed by atoms with Gasteiger partial charge >= 0.3 is 0 Å². The Hall–Kier alpha value is -3.64. The molecule has 0 atom stereocenters. The first-order valence-electron chi connectivity index (χ1n) is 11.0. The number of likely N-dealkylation sites (N-methyl/N-ethyl adjacent to an activating group) is 1. The monoisotopic (exact) mass is 444 g/mol. The minimum absolute atomic E-state index is 0.205. The lowest BCUT2D eigenvalue weighted by molar-refractivity contribution is 0.0641. The standard InChI is InChI=1S/C27H28N2O4/c1-19-16-21(12-13-23(19)32-3)18-29-26(30)22-10-7-11-24(25(22)27(29)31)33-15-14-28(2)17-20-8-5-4-6-9-20/h4-13,16H,14-15,17-18H2,1-3H3. The van der Waals surface area contributed by atoms with Crippen molar-refractivity contribution in [1.29, 1.82) is 0 Å². The molecule has 0 spiro atoms. The van der Waals surface area contributed by atoms with Crippen molar-refractivity contribution in [1.82, 2.24) is 9.80 Å². The molecule has 0 unspecified atom stereocenters. The molecule has 0 radical (unpaired) electrons. The average molecular weight is 445 g/mol. The van der Waals surface area contributed by atoms with E-state index in [-0.39, 0.29) is 18.4 Å². The second-order valence-corrected chi connectivity index (χ2v) is 8.25. The zero-order valence-corrected chi connectivity index (χ0v) is 19.2.